The monoisotopic (exact) mass is 344 g/mol. The minimum atomic E-state index is -0.837. The minimum Gasteiger partial charge on any atom is -0.508 e. The third-order valence-corrected chi connectivity index (χ3v) is 7.78. The molecule has 2 saturated carbocycles. The number of aliphatic carboxylic acids is 1. The Kier molecular flexibility index (Phi) is 3.87. The summed E-state index contributed by atoms with van der Waals surface area (Å²) < 4.78 is 0. The molecule has 0 radical (unpaired) electrons. The number of carboxylic acids is 1. The van der Waals surface area contributed by atoms with Crippen molar-refractivity contribution in [2.24, 2.45) is 17.3 Å². The molecule has 0 bridgehead atoms. The van der Waals surface area contributed by atoms with Gasteiger partial charge in [-0.25, -0.2) is 0 Å². The summed E-state index contributed by atoms with van der Waals surface area (Å²) in [6, 6.07) is 5.81. The molecule has 136 valence electrons. The quantitative estimate of drug-likeness (QED) is 0.778. The Morgan fingerprint density at radius 2 is 2.04 bits per heavy atom. The van der Waals surface area contributed by atoms with Gasteiger partial charge in [0.1, 0.15) is 5.75 Å². The summed E-state index contributed by atoms with van der Waals surface area (Å²) in [6.45, 7) is 2.20. The number of rotatable bonds is 3. The molecule has 0 aromatic heterocycles. The second-order valence-corrected chi connectivity index (χ2v) is 8.72. The van der Waals surface area contributed by atoms with E-state index in [1.54, 1.807) is 6.07 Å². The summed E-state index contributed by atoms with van der Waals surface area (Å²) in [5.74, 6) is 1.08. The number of hydrogen-bond donors (Lipinski definition) is 3. The molecule has 0 aliphatic heterocycles. The lowest BCUT2D eigenvalue weighted by molar-refractivity contribution is -0.142. The molecule has 0 heterocycles. The highest BCUT2D eigenvalue weighted by atomic mass is 16.4. The van der Waals surface area contributed by atoms with Crippen LogP contribution in [0.25, 0.3) is 0 Å². The van der Waals surface area contributed by atoms with Crippen molar-refractivity contribution in [2.75, 3.05) is 0 Å². The van der Waals surface area contributed by atoms with Crippen LogP contribution < -0.4 is 0 Å². The van der Waals surface area contributed by atoms with Gasteiger partial charge in [-0.2, -0.15) is 0 Å². The van der Waals surface area contributed by atoms with Gasteiger partial charge >= 0.3 is 5.97 Å². The van der Waals surface area contributed by atoms with Crippen LogP contribution in [0.5, 0.6) is 5.75 Å². The fraction of sp³-hybridized carbons (Fsp3) is 0.667. The van der Waals surface area contributed by atoms with E-state index in [1.165, 1.54) is 11.1 Å². The normalized spacial score (nSPS) is 39.4. The van der Waals surface area contributed by atoms with Crippen LogP contribution in [-0.2, 0) is 11.2 Å². The summed E-state index contributed by atoms with van der Waals surface area (Å²) >= 11 is 0. The van der Waals surface area contributed by atoms with Crippen molar-refractivity contribution in [1.29, 1.82) is 0 Å². The lowest BCUT2D eigenvalue weighted by Gasteiger charge is -2.53. The Bertz CT molecular complexity index is 699. The minimum absolute atomic E-state index is 0.0506. The molecule has 4 nitrogen and oxygen atoms in total. The molecular weight excluding hydrogens is 316 g/mol. The Morgan fingerprint density at radius 3 is 2.80 bits per heavy atom. The van der Waals surface area contributed by atoms with Crippen LogP contribution in [0.1, 0.15) is 68.9 Å². The van der Waals surface area contributed by atoms with Crippen LogP contribution in [0, 0.1) is 17.3 Å². The molecule has 2 fully saturated rings. The first kappa shape index (κ1) is 16.9. The number of aromatic hydroxyl groups is 1. The van der Waals surface area contributed by atoms with Gasteiger partial charge in [-0.1, -0.05) is 13.0 Å². The molecule has 3 aliphatic rings. The van der Waals surface area contributed by atoms with Gasteiger partial charge < -0.3 is 15.3 Å². The lowest BCUT2D eigenvalue weighted by Crippen LogP contribution is -2.51. The van der Waals surface area contributed by atoms with Gasteiger partial charge in [-0.15, -0.1) is 0 Å². The predicted molar refractivity (Wildman–Crippen MR) is 94.5 cm³/mol. The molecule has 4 heteroatoms. The van der Waals surface area contributed by atoms with Gasteiger partial charge in [0.25, 0.3) is 0 Å². The number of phenolic OH excluding ortho intramolecular Hbond substituents is 1. The fourth-order valence-corrected chi connectivity index (χ4v) is 6.40. The zero-order chi connectivity index (χ0) is 17.8. The average molecular weight is 344 g/mol. The maximum Gasteiger partial charge on any atom is 0.303 e. The molecule has 25 heavy (non-hydrogen) atoms. The largest absolute Gasteiger partial charge is 0.508 e. The molecule has 1 aromatic rings. The fourth-order valence-electron chi connectivity index (χ4n) is 6.40. The van der Waals surface area contributed by atoms with E-state index in [9.17, 15) is 15.0 Å². The molecule has 3 N–H and O–H groups in total. The van der Waals surface area contributed by atoms with Crippen LogP contribution in [0.15, 0.2) is 18.2 Å². The van der Waals surface area contributed by atoms with Crippen molar-refractivity contribution in [3.05, 3.63) is 29.3 Å². The van der Waals surface area contributed by atoms with Crippen LogP contribution >= 0.6 is 0 Å². The Hall–Kier alpha value is -1.55. The first-order chi connectivity index (χ1) is 11.8. The van der Waals surface area contributed by atoms with E-state index in [2.05, 4.69) is 13.0 Å². The summed E-state index contributed by atoms with van der Waals surface area (Å²) in [5, 5.41) is 30.1. The number of carboxylic acid groups (broad SMARTS) is 1. The standard InChI is InChI=1S/C21H28O4/c1-20-9-6-16-15-5-3-14(22)12-13(15)2-4-17(16)18(20)7-10-21(20,25)11-8-19(23)24/h3,5,12,16-18,22,25H,2,4,6-11H2,1H3,(H,23,24)/t16-,17-,18+,20+,21?/m1/s1. The smallest absolute Gasteiger partial charge is 0.303 e. The molecule has 1 aromatic carbocycles. The molecule has 4 rings (SSSR count). The highest BCUT2D eigenvalue weighted by Gasteiger charge is 2.61. The molecule has 5 atom stereocenters. The van der Waals surface area contributed by atoms with E-state index < -0.39 is 11.6 Å². The van der Waals surface area contributed by atoms with Crippen molar-refractivity contribution in [3.63, 3.8) is 0 Å². The van der Waals surface area contributed by atoms with E-state index in [0.29, 0.717) is 29.9 Å². The number of aryl methyl sites for hydroxylation is 1. The third-order valence-electron chi connectivity index (χ3n) is 7.78. The Balaban J connectivity index is 1.62. The summed E-state index contributed by atoms with van der Waals surface area (Å²) in [6.07, 6.45) is 6.25. The molecule has 0 saturated heterocycles. The van der Waals surface area contributed by atoms with Gasteiger partial charge in [-0.05, 0) is 91.4 Å². The van der Waals surface area contributed by atoms with Gasteiger partial charge in [0.2, 0.25) is 0 Å². The molecular formula is C21H28O4. The van der Waals surface area contributed by atoms with Crippen LogP contribution in [-0.4, -0.2) is 26.9 Å². The Labute approximate surface area is 148 Å². The van der Waals surface area contributed by atoms with E-state index in [-0.39, 0.29) is 11.8 Å². The predicted octanol–water partition coefficient (Wildman–Crippen LogP) is 3.84. The van der Waals surface area contributed by atoms with E-state index >= 15 is 0 Å². The second kappa shape index (κ2) is 5.73. The summed E-state index contributed by atoms with van der Waals surface area (Å²) in [5.41, 5.74) is 1.66. The van der Waals surface area contributed by atoms with Crippen molar-refractivity contribution in [3.8, 4) is 5.75 Å². The maximum atomic E-state index is 11.3. The number of benzene rings is 1. The zero-order valence-electron chi connectivity index (χ0n) is 14.9. The average Bonchev–Trinajstić information content (AvgIpc) is 2.84. The van der Waals surface area contributed by atoms with Crippen molar-refractivity contribution in [2.45, 2.75) is 69.8 Å². The highest BCUT2D eigenvalue weighted by Crippen LogP contribution is 2.65. The maximum absolute atomic E-state index is 11.3. The number of fused-ring (bicyclic) bond motifs is 5. The first-order valence-corrected chi connectivity index (χ1v) is 9.60. The Morgan fingerprint density at radius 1 is 1.24 bits per heavy atom. The van der Waals surface area contributed by atoms with Crippen molar-refractivity contribution < 1.29 is 20.1 Å². The highest BCUT2D eigenvalue weighted by molar-refractivity contribution is 5.66. The van der Waals surface area contributed by atoms with Crippen molar-refractivity contribution >= 4 is 5.97 Å². The van der Waals surface area contributed by atoms with E-state index in [0.717, 1.165) is 38.5 Å². The zero-order valence-corrected chi connectivity index (χ0v) is 14.9. The third kappa shape index (κ3) is 2.49. The van der Waals surface area contributed by atoms with Crippen LogP contribution in [0.3, 0.4) is 0 Å². The van der Waals surface area contributed by atoms with Gasteiger partial charge in [-0.3, -0.25) is 4.79 Å². The number of phenols is 1. The molecule has 1 unspecified atom stereocenters. The number of hydrogen-bond acceptors (Lipinski definition) is 3. The second-order valence-electron chi connectivity index (χ2n) is 8.72. The SMILES string of the molecule is C[C@]12CC[C@@H]3c4ccc(O)cc4CC[C@H]3[C@@H]1CCC2(O)CCC(=O)O. The van der Waals surface area contributed by atoms with E-state index in [1.807, 2.05) is 6.07 Å². The molecule has 3 aliphatic carbocycles. The lowest BCUT2D eigenvalue weighted by atomic mass is 9.53. The van der Waals surface area contributed by atoms with E-state index in [4.69, 9.17) is 5.11 Å². The number of carbonyl (C=O) groups is 1. The van der Waals surface area contributed by atoms with Gasteiger partial charge in [0.15, 0.2) is 0 Å². The summed E-state index contributed by atoms with van der Waals surface area (Å²) in [7, 11) is 0. The van der Waals surface area contributed by atoms with Gasteiger partial charge in [0, 0.05) is 6.42 Å². The van der Waals surface area contributed by atoms with Crippen LogP contribution in [0.4, 0.5) is 0 Å². The first-order valence-electron chi connectivity index (χ1n) is 9.60. The molecule has 0 amide bonds. The molecule has 0 spiro atoms. The number of aliphatic hydroxyl groups is 1. The summed E-state index contributed by atoms with van der Waals surface area (Å²) in [4.78, 5) is 11.0. The van der Waals surface area contributed by atoms with Gasteiger partial charge in [0.05, 0.1) is 5.60 Å². The van der Waals surface area contributed by atoms with Crippen molar-refractivity contribution in [1.82, 2.24) is 0 Å². The van der Waals surface area contributed by atoms with Crippen LogP contribution in [0.2, 0.25) is 0 Å². The topological polar surface area (TPSA) is 77.8 Å².